The van der Waals surface area contributed by atoms with Gasteiger partial charge in [-0.25, -0.2) is 4.98 Å². The first-order valence-electron chi connectivity index (χ1n) is 9.29. The number of piperidine rings is 1. The van der Waals surface area contributed by atoms with E-state index in [0.717, 1.165) is 32.5 Å². The predicted octanol–water partition coefficient (Wildman–Crippen LogP) is 4.97. The summed E-state index contributed by atoms with van der Waals surface area (Å²) in [4.78, 5) is 6.23. The van der Waals surface area contributed by atoms with Crippen LogP contribution in [0.2, 0.25) is 0 Å². The van der Waals surface area contributed by atoms with Crippen molar-refractivity contribution >= 4 is 11.0 Å². The lowest BCUT2D eigenvalue weighted by atomic mass is 9.96. The third-order valence-corrected chi connectivity index (χ3v) is 5.31. The number of fused-ring (bicyclic) bond motifs is 1. The molecule has 27 heavy (non-hydrogen) atoms. The van der Waals surface area contributed by atoms with Crippen LogP contribution in [0.15, 0.2) is 54.6 Å². The molecule has 3 nitrogen and oxygen atoms in total. The van der Waals surface area contributed by atoms with Crippen molar-refractivity contribution in [1.29, 1.82) is 0 Å². The molecule has 0 atom stereocenters. The molecule has 4 rings (SSSR count). The van der Waals surface area contributed by atoms with E-state index in [0.29, 0.717) is 17.6 Å². The number of likely N-dealkylation sites (tertiary alicyclic amines) is 1. The highest BCUT2D eigenvalue weighted by Crippen LogP contribution is 2.33. The molecule has 1 aliphatic heterocycles. The van der Waals surface area contributed by atoms with Crippen molar-refractivity contribution in [3.63, 3.8) is 0 Å². The maximum absolute atomic E-state index is 13.5. The zero-order chi connectivity index (χ0) is 18.9. The van der Waals surface area contributed by atoms with E-state index in [1.54, 1.807) is 24.3 Å². The number of halogens is 3. The second kappa shape index (κ2) is 7.35. The summed E-state index contributed by atoms with van der Waals surface area (Å²) in [6, 6.07) is 17.1. The van der Waals surface area contributed by atoms with Crippen LogP contribution in [-0.4, -0.2) is 27.5 Å². The highest BCUT2D eigenvalue weighted by atomic mass is 19.4. The lowest BCUT2D eigenvalue weighted by Crippen LogP contribution is -2.35. The van der Waals surface area contributed by atoms with Crippen LogP contribution >= 0.6 is 0 Å². The van der Waals surface area contributed by atoms with Crippen molar-refractivity contribution in [3.05, 3.63) is 66.0 Å². The lowest BCUT2D eigenvalue weighted by Gasteiger charge is -2.32. The second-order valence-electron chi connectivity index (χ2n) is 7.24. The van der Waals surface area contributed by atoms with E-state index in [1.807, 2.05) is 18.2 Å². The van der Waals surface area contributed by atoms with Crippen LogP contribution in [-0.2, 0) is 19.3 Å². The average molecular weight is 373 g/mol. The first kappa shape index (κ1) is 18.0. The SMILES string of the molecule is FC(F)(F)c1nc2ccccc2n1CC1CCN(Cc2ccccc2)CC1. The van der Waals surface area contributed by atoms with Gasteiger partial charge in [0.25, 0.3) is 0 Å². The number of alkyl halides is 3. The van der Waals surface area contributed by atoms with Crippen LogP contribution in [0.5, 0.6) is 0 Å². The molecule has 0 amide bonds. The Kier molecular flexibility index (Phi) is 4.91. The Morgan fingerprint density at radius 2 is 1.59 bits per heavy atom. The second-order valence-corrected chi connectivity index (χ2v) is 7.24. The van der Waals surface area contributed by atoms with E-state index in [4.69, 9.17) is 0 Å². The molecule has 0 aliphatic carbocycles. The number of para-hydroxylation sites is 2. The van der Waals surface area contributed by atoms with E-state index in [1.165, 1.54) is 10.1 Å². The summed E-state index contributed by atoms with van der Waals surface area (Å²) in [6.07, 6.45) is -2.64. The Morgan fingerprint density at radius 1 is 0.926 bits per heavy atom. The fraction of sp³-hybridized carbons (Fsp3) is 0.381. The minimum atomic E-state index is -4.44. The minimum Gasteiger partial charge on any atom is -0.320 e. The third kappa shape index (κ3) is 4.00. The fourth-order valence-corrected chi connectivity index (χ4v) is 3.90. The summed E-state index contributed by atoms with van der Waals surface area (Å²) in [5, 5.41) is 0. The van der Waals surface area contributed by atoms with E-state index in [-0.39, 0.29) is 5.92 Å². The van der Waals surface area contributed by atoms with Crippen LogP contribution in [0.3, 0.4) is 0 Å². The molecule has 0 spiro atoms. The zero-order valence-corrected chi connectivity index (χ0v) is 15.0. The maximum Gasteiger partial charge on any atom is 0.449 e. The molecule has 2 aromatic carbocycles. The summed E-state index contributed by atoms with van der Waals surface area (Å²) in [7, 11) is 0. The summed E-state index contributed by atoms with van der Waals surface area (Å²) < 4.78 is 41.7. The molecular formula is C21H22F3N3. The van der Waals surface area contributed by atoms with Crippen molar-refractivity contribution < 1.29 is 13.2 Å². The van der Waals surface area contributed by atoms with Crippen LogP contribution < -0.4 is 0 Å². The molecule has 1 fully saturated rings. The summed E-state index contributed by atoms with van der Waals surface area (Å²) in [5.74, 6) is -0.550. The van der Waals surface area contributed by atoms with Crippen LogP contribution in [0.4, 0.5) is 13.2 Å². The fourth-order valence-electron chi connectivity index (χ4n) is 3.90. The Bertz CT molecular complexity index is 894. The third-order valence-electron chi connectivity index (χ3n) is 5.31. The van der Waals surface area contributed by atoms with Crippen LogP contribution in [0.1, 0.15) is 24.2 Å². The quantitative estimate of drug-likeness (QED) is 0.644. The van der Waals surface area contributed by atoms with Gasteiger partial charge in [-0.05, 0) is 49.5 Å². The van der Waals surface area contributed by atoms with Crippen molar-refractivity contribution in [1.82, 2.24) is 14.5 Å². The minimum absolute atomic E-state index is 0.232. The number of hydrogen-bond acceptors (Lipinski definition) is 2. The smallest absolute Gasteiger partial charge is 0.320 e. The van der Waals surface area contributed by atoms with E-state index in [2.05, 4.69) is 22.0 Å². The molecule has 2 heterocycles. The van der Waals surface area contributed by atoms with E-state index < -0.39 is 12.0 Å². The molecule has 0 unspecified atom stereocenters. The Morgan fingerprint density at radius 3 is 2.30 bits per heavy atom. The standard InChI is InChI=1S/C21H22F3N3/c22-21(23,24)20-25-18-8-4-5-9-19(18)27(20)15-17-10-12-26(13-11-17)14-16-6-2-1-3-7-16/h1-9,17H,10-15H2. The van der Waals surface area contributed by atoms with Gasteiger partial charge in [-0.3, -0.25) is 4.90 Å². The largest absolute Gasteiger partial charge is 0.449 e. The van der Waals surface area contributed by atoms with Gasteiger partial charge in [0.15, 0.2) is 0 Å². The number of aromatic nitrogens is 2. The summed E-state index contributed by atoms with van der Waals surface area (Å²) >= 11 is 0. The Hall–Kier alpha value is -2.34. The maximum atomic E-state index is 13.5. The van der Waals surface area contributed by atoms with Gasteiger partial charge in [0, 0.05) is 13.1 Å². The van der Waals surface area contributed by atoms with Crippen molar-refractivity contribution in [3.8, 4) is 0 Å². The van der Waals surface area contributed by atoms with Crippen molar-refractivity contribution in [2.45, 2.75) is 32.1 Å². The molecule has 6 heteroatoms. The van der Waals surface area contributed by atoms with Gasteiger partial charge in [-0.15, -0.1) is 0 Å². The van der Waals surface area contributed by atoms with Gasteiger partial charge in [0.05, 0.1) is 11.0 Å². The molecule has 1 saturated heterocycles. The first-order chi connectivity index (χ1) is 13.0. The van der Waals surface area contributed by atoms with Gasteiger partial charge in [0.1, 0.15) is 0 Å². The summed E-state index contributed by atoms with van der Waals surface area (Å²) in [5.41, 5.74) is 2.25. The Balaban J connectivity index is 1.46. The van der Waals surface area contributed by atoms with Gasteiger partial charge in [-0.1, -0.05) is 42.5 Å². The number of rotatable bonds is 4. The Labute approximate surface area is 156 Å². The molecule has 0 radical (unpaired) electrons. The molecule has 0 bridgehead atoms. The normalized spacial score (nSPS) is 16.9. The molecule has 0 N–H and O–H groups in total. The highest BCUT2D eigenvalue weighted by molar-refractivity contribution is 5.76. The molecule has 1 aliphatic rings. The molecule has 0 saturated carbocycles. The molecular weight excluding hydrogens is 351 g/mol. The number of nitrogens with zero attached hydrogens (tertiary/aromatic N) is 3. The first-order valence-corrected chi connectivity index (χ1v) is 9.29. The van der Waals surface area contributed by atoms with Crippen LogP contribution in [0, 0.1) is 5.92 Å². The lowest BCUT2D eigenvalue weighted by molar-refractivity contribution is -0.147. The van der Waals surface area contributed by atoms with Crippen LogP contribution in [0.25, 0.3) is 11.0 Å². The van der Waals surface area contributed by atoms with E-state index >= 15 is 0 Å². The molecule has 1 aromatic heterocycles. The zero-order valence-electron chi connectivity index (χ0n) is 15.0. The topological polar surface area (TPSA) is 21.1 Å². The van der Waals surface area contributed by atoms with Crippen molar-refractivity contribution in [2.75, 3.05) is 13.1 Å². The number of benzene rings is 2. The van der Waals surface area contributed by atoms with Gasteiger partial charge >= 0.3 is 6.18 Å². The highest BCUT2D eigenvalue weighted by Gasteiger charge is 2.38. The van der Waals surface area contributed by atoms with E-state index in [9.17, 15) is 13.2 Å². The van der Waals surface area contributed by atoms with Gasteiger partial charge < -0.3 is 4.57 Å². The van der Waals surface area contributed by atoms with Gasteiger partial charge in [-0.2, -0.15) is 13.2 Å². The number of imidazole rings is 1. The summed E-state index contributed by atoms with van der Waals surface area (Å²) in [6.45, 7) is 3.09. The van der Waals surface area contributed by atoms with Crippen molar-refractivity contribution in [2.24, 2.45) is 5.92 Å². The molecule has 142 valence electrons. The number of hydrogen-bond donors (Lipinski definition) is 0. The average Bonchev–Trinajstić information content (AvgIpc) is 3.03. The predicted molar refractivity (Wildman–Crippen MR) is 99.2 cm³/mol. The van der Waals surface area contributed by atoms with Gasteiger partial charge in [0.2, 0.25) is 5.82 Å². The monoisotopic (exact) mass is 373 g/mol. The molecule has 3 aromatic rings.